The van der Waals surface area contributed by atoms with Crippen LogP contribution in [0.5, 0.6) is 0 Å². The van der Waals surface area contributed by atoms with Gasteiger partial charge in [-0.05, 0) is 0 Å². The molecule has 7 nitrogen and oxygen atoms in total. The van der Waals surface area contributed by atoms with Crippen molar-refractivity contribution in [2.75, 3.05) is 0 Å². The number of aromatic nitrogens is 2. The molecule has 8 heteroatoms. The third kappa shape index (κ3) is 2.67. The third-order valence-electron chi connectivity index (χ3n) is 1.68. The topological polar surface area (TPSA) is 118 Å². The van der Waals surface area contributed by atoms with Gasteiger partial charge in [0.05, 0.1) is 6.54 Å². The fourth-order valence-electron chi connectivity index (χ4n) is 0.908. The standard InChI is InChI=1S/C7H8ClN3O4/c8-3-1-11(2-4(9)6(13)14)7(15)10-5(3)12/h1,4H,2,9H2,(H,13,14)(H,10,12,15). The molecule has 1 rings (SSSR count). The molecule has 82 valence electrons. The minimum Gasteiger partial charge on any atom is -0.480 e. The fourth-order valence-corrected chi connectivity index (χ4v) is 1.07. The van der Waals surface area contributed by atoms with Crippen molar-refractivity contribution in [2.24, 2.45) is 5.73 Å². The molecule has 0 bridgehead atoms. The summed E-state index contributed by atoms with van der Waals surface area (Å²) in [4.78, 5) is 34.4. The van der Waals surface area contributed by atoms with E-state index in [1.54, 1.807) is 0 Å². The molecule has 15 heavy (non-hydrogen) atoms. The van der Waals surface area contributed by atoms with Crippen LogP contribution in [0.4, 0.5) is 0 Å². The van der Waals surface area contributed by atoms with Gasteiger partial charge in [0, 0.05) is 6.20 Å². The molecule has 0 aliphatic heterocycles. The molecular weight excluding hydrogens is 226 g/mol. The normalized spacial score (nSPS) is 12.4. The highest BCUT2D eigenvalue weighted by molar-refractivity contribution is 6.30. The summed E-state index contributed by atoms with van der Waals surface area (Å²) >= 11 is 5.46. The average Bonchev–Trinajstić information content (AvgIpc) is 2.13. The zero-order valence-corrected chi connectivity index (χ0v) is 8.19. The first kappa shape index (κ1) is 11.5. The number of rotatable bonds is 3. The summed E-state index contributed by atoms with van der Waals surface area (Å²) in [5, 5.41) is 8.31. The molecule has 0 aliphatic rings. The number of aliphatic carboxylic acids is 1. The monoisotopic (exact) mass is 233 g/mol. The second-order valence-electron chi connectivity index (χ2n) is 2.83. The minimum absolute atomic E-state index is 0.202. The first-order valence-electron chi connectivity index (χ1n) is 3.89. The fraction of sp³-hybridized carbons (Fsp3) is 0.286. The number of hydrogen-bond acceptors (Lipinski definition) is 4. The summed E-state index contributed by atoms with van der Waals surface area (Å²) in [7, 11) is 0. The van der Waals surface area contributed by atoms with Crippen LogP contribution < -0.4 is 17.0 Å². The summed E-state index contributed by atoms with van der Waals surface area (Å²) in [5.41, 5.74) is 3.74. The molecule has 0 radical (unpaired) electrons. The molecule has 1 unspecified atom stereocenters. The minimum atomic E-state index is -1.25. The Bertz CT molecular complexity index is 492. The number of carbonyl (C=O) groups is 1. The number of nitrogens with zero attached hydrogens (tertiary/aromatic N) is 1. The summed E-state index contributed by atoms with van der Waals surface area (Å²) in [5.74, 6) is -1.25. The van der Waals surface area contributed by atoms with Crippen LogP contribution in [0.2, 0.25) is 5.02 Å². The van der Waals surface area contributed by atoms with Gasteiger partial charge in [-0.2, -0.15) is 0 Å². The number of carboxylic acid groups (broad SMARTS) is 1. The molecule has 1 aromatic heterocycles. The van der Waals surface area contributed by atoms with Crippen molar-refractivity contribution < 1.29 is 9.90 Å². The highest BCUT2D eigenvalue weighted by atomic mass is 35.5. The number of halogens is 1. The first-order chi connectivity index (χ1) is 6.91. The maximum absolute atomic E-state index is 11.2. The molecule has 0 aliphatic carbocycles. The lowest BCUT2D eigenvalue weighted by molar-refractivity contribution is -0.138. The second-order valence-corrected chi connectivity index (χ2v) is 3.24. The summed E-state index contributed by atoms with van der Waals surface area (Å²) < 4.78 is 0.933. The molecule has 0 amide bonds. The van der Waals surface area contributed by atoms with E-state index < -0.39 is 23.3 Å². The van der Waals surface area contributed by atoms with Crippen LogP contribution in [0.3, 0.4) is 0 Å². The van der Waals surface area contributed by atoms with Gasteiger partial charge in [0.25, 0.3) is 5.56 Å². The largest absolute Gasteiger partial charge is 0.480 e. The predicted molar refractivity (Wildman–Crippen MR) is 51.9 cm³/mol. The van der Waals surface area contributed by atoms with Gasteiger partial charge in [0.2, 0.25) is 0 Å². The van der Waals surface area contributed by atoms with Gasteiger partial charge in [-0.25, -0.2) is 4.79 Å². The van der Waals surface area contributed by atoms with Crippen LogP contribution in [-0.2, 0) is 11.3 Å². The smallest absolute Gasteiger partial charge is 0.328 e. The summed E-state index contributed by atoms with van der Waals surface area (Å²) in [6, 6.07) is -1.23. The van der Waals surface area contributed by atoms with Crippen LogP contribution >= 0.6 is 11.6 Å². The van der Waals surface area contributed by atoms with Crippen molar-refractivity contribution in [3.05, 3.63) is 32.1 Å². The van der Waals surface area contributed by atoms with Crippen LogP contribution in [0, 0.1) is 0 Å². The van der Waals surface area contributed by atoms with E-state index in [9.17, 15) is 14.4 Å². The Hall–Kier alpha value is -1.60. The van der Waals surface area contributed by atoms with Crippen molar-refractivity contribution in [1.29, 1.82) is 0 Å². The molecule has 0 saturated carbocycles. The Morgan fingerprint density at radius 2 is 2.27 bits per heavy atom. The van der Waals surface area contributed by atoms with E-state index in [1.807, 2.05) is 4.98 Å². The molecule has 0 fully saturated rings. The zero-order chi connectivity index (χ0) is 11.6. The van der Waals surface area contributed by atoms with Crippen molar-refractivity contribution in [1.82, 2.24) is 9.55 Å². The lowest BCUT2D eigenvalue weighted by Crippen LogP contribution is -2.40. The SMILES string of the molecule is NC(Cn1cc(Cl)c(=O)[nH]c1=O)C(=O)O. The van der Waals surface area contributed by atoms with E-state index in [4.69, 9.17) is 22.4 Å². The van der Waals surface area contributed by atoms with Crippen molar-refractivity contribution >= 4 is 17.6 Å². The van der Waals surface area contributed by atoms with E-state index in [0.717, 1.165) is 10.8 Å². The maximum atomic E-state index is 11.2. The van der Waals surface area contributed by atoms with E-state index in [1.165, 1.54) is 0 Å². The van der Waals surface area contributed by atoms with Crippen LogP contribution in [0.15, 0.2) is 15.8 Å². The van der Waals surface area contributed by atoms with Gasteiger partial charge in [-0.15, -0.1) is 0 Å². The predicted octanol–water partition coefficient (Wildman–Crippen LogP) is -1.40. The third-order valence-corrected chi connectivity index (χ3v) is 1.95. The summed E-state index contributed by atoms with van der Waals surface area (Å²) in [6.45, 7) is -0.259. The quantitative estimate of drug-likeness (QED) is 0.594. The molecule has 0 spiro atoms. The molecule has 1 heterocycles. The van der Waals surface area contributed by atoms with Gasteiger partial charge < -0.3 is 10.8 Å². The Morgan fingerprint density at radius 1 is 1.67 bits per heavy atom. The number of H-pyrrole nitrogens is 1. The van der Waals surface area contributed by atoms with Crippen LogP contribution in [-0.4, -0.2) is 26.7 Å². The Labute approximate surface area is 88.1 Å². The first-order valence-corrected chi connectivity index (χ1v) is 4.27. The van der Waals surface area contributed by atoms with Gasteiger partial charge in [-0.3, -0.25) is 19.1 Å². The van der Waals surface area contributed by atoms with Gasteiger partial charge in [-0.1, -0.05) is 11.6 Å². The lowest BCUT2D eigenvalue weighted by Gasteiger charge is -2.08. The van der Waals surface area contributed by atoms with Gasteiger partial charge in [0.1, 0.15) is 11.1 Å². The highest BCUT2D eigenvalue weighted by Gasteiger charge is 2.13. The number of nitrogens with two attached hydrogens (primary N) is 1. The van der Waals surface area contributed by atoms with Crippen LogP contribution in [0.25, 0.3) is 0 Å². The molecule has 0 aromatic carbocycles. The van der Waals surface area contributed by atoms with Gasteiger partial charge in [0.15, 0.2) is 0 Å². The Morgan fingerprint density at radius 3 is 2.80 bits per heavy atom. The summed E-state index contributed by atoms with van der Waals surface area (Å²) in [6.07, 6.45) is 1.05. The molecule has 0 saturated heterocycles. The van der Waals surface area contributed by atoms with Crippen LogP contribution in [0.1, 0.15) is 0 Å². The highest BCUT2D eigenvalue weighted by Crippen LogP contribution is 1.96. The molecule has 1 atom stereocenters. The number of carboxylic acids is 1. The van der Waals surface area contributed by atoms with E-state index in [0.29, 0.717) is 0 Å². The molecule has 1 aromatic rings. The average molecular weight is 234 g/mol. The van der Waals surface area contributed by atoms with E-state index >= 15 is 0 Å². The van der Waals surface area contributed by atoms with Crippen molar-refractivity contribution in [3.8, 4) is 0 Å². The van der Waals surface area contributed by atoms with Crippen molar-refractivity contribution in [2.45, 2.75) is 12.6 Å². The zero-order valence-electron chi connectivity index (χ0n) is 7.44. The molecule has 4 N–H and O–H groups in total. The van der Waals surface area contributed by atoms with Crippen molar-refractivity contribution in [3.63, 3.8) is 0 Å². The number of aromatic amines is 1. The maximum Gasteiger partial charge on any atom is 0.328 e. The number of nitrogens with one attached hydrogen (secondary N) is 1. The van der Waals surface area contributed by atoms with Gasteiger partial charge >= 0.3 is 11.7 Å². The Balaban J connectivity index is 3.06. The lowest BCUT2D eigenvalue weighted by atomic mass is 10.3. The van der Waals surface area contributed by atoms with E-state index in [-0.39, 0.29) is 11.6 Å². The number of hydrogen-bond donors (Lipinski definition) is 3. The Kier molecular flexibility index (Phi) is 3.28. The van der Waals surface area contributed by atoms with E-state index in [2.05, 4.69) is 0 Å². The molecular formula is C7H8ClN3O4. The second kappa shape index (κ2) is 4.28.